The van der Waals surface area contributed by atoms with Gasteiger partial charge in [-0.25, -0.2) is 4.98 Å². The van der Waals surface area contributed by atoms with Crippen LogP contribution in [0.15, 0.2) is 59.3 Å². The third-order valence-electron chi connectivity index (χ3n) is 1.78. The average Bonchev–Trinajstić information content (AvgIpc) is 2.31. The van der Waals surface area contributed by atoms with Gasteiger partial charge in [0.15, 0.2) is 0 Å². The molecule has 1 aromatic rings. The van der Waals surface area contributed by atoms with E-state index in [1.807, 2.05) is 18.2 Å². The van der Waals surface area contributed by atoms with E-state index in [-0.39, 0.29) is 5.12 Å². The van der Waals surface area contributed by atoms with Crippen LogP contribution in [0.25, 0.3) is 0 Å². The molecular formula is C12H8NOS+. The molecule has 0 spiro atoms. The van der Waals surface area contributed by atoms with E-state index < -0.39 is 0 Å². The predicted octanol–water partition coefficient (Wildman–Crippen LogP) is 2.56. The second-order valence-electron chi connectivity index (χ2n) is 2.85. The molecule has 0 aromatic carbocycles. The van der Waals surface area contributed by atoms with E-state index in [0.717, 1.165) is 11.8 Å². The second-order valence-corrected chi connectivity index (χ2v) is 3.84. The van der Waals surface area contributed by atoms with E-state index in [1.165, 1.54) is 0 Å². The number of thioether (sulfide) groups is 1. The van der Waals surface area contributed by atoms with Gasteiger partial charge in [0.2, 0.25) is 0 Å². The van der Waals surface area contributed by atoms with Crippen molar-refractivity contribution >= 4 is 16.9 Å². The molecule has 0 bridgehead atoms. The molecule has 0 aliphatic heterocycles. The molecule has 1 aliphatic rings. The maximum Gasteiger partial charge on any atom is 0.281 e. The number of allylic oxidation sites excluding steroid dienone is 5. The number of rotatable bonds is 2. The van der Waals surface area contributed by atoms with E-state index in [4.69, 9.17) is 0 Å². The van der Waals surface area contributed by atoms with Crippen molar-refractivity contribution in [3.63, 3.8) is 0 Å². The molecule has 1 aromatic heterocycles. The van der Waals surface area contributed by atoms with Crippen molar-refractivity contribution in [2.45, 2.75) is 5.03 Å². The normalized spacial score (nSPS) is 13.2. The zero-order chi connectivity index (χ0) is 10.5. The zero-order valence-corrected chi connectivity index (χ0v) is 8.70. The molecule has 0 amide bonds. The molecule has 0 N–H and O–H groups in total. The Kier molecular flexibility index (Phi) is 3.08. The van der Waals surface area contributed by atoms with E-state index in [9.17, 15) is 4.79 Å². The first kappa shape index (κ1) is 9.84. The summed E-state index contributed by atoms with van der Waals surface area (Å²) in [7, 11) is 0. The van der Waals surface area contributed by atoms with Crippen LogP contribution in [0, 0.1) is 6.08 Å². The number of hydrogen-bond donors (Lipinski definition) is 0. The van der Waals surface area contributed by atoms with Gasteiger partial charge < -0.3 is 0 Å². The van der Waals surface area contributed by atoms with Crippen LogP contribution < -0.4 is 0 Å². The Morgan fingerprint density at radius 1 is 1.40 bits per heavy atom. The summed E-state index contributed by atoms with van der Waals surface area (Å²) in [6, 6.07) is 5.50. The first-order valence-corrected chi connectivity index (χ1v) is 5.27. The molecule has 1 heterocycles. The Balaban J connectivity index is 2.08. The third kappa shape index (κ3) is 2.62. The molecule has 1 aliphatic carbocycles. The van der Waals surface area contributed by atoms with Gasteiger partial charge in [0.25, 0.3) is 5.12 Å². The molecule has 0 unspecified atom stereocenters. The average molecular weight is 214 g/mol. The second kappa shape index (κ2) is 4.69. The van der Waals surface area contributed by atoms with Gasteiger partial charge in [-0.3, -0.25) is 4.79 Å². The number of carbonyl (C=O) groups excluding carboxylic acids is 1. The largest absolute Gasteiger partial charge is 0.281 e. The lowest BCUT2D eigenvalue weighted by atomic mass is 10.2. The number of aromatic nitrogens is 1. The van der Waals surface area contributed by atoms with Crippen LogP contribution in [0.4, 0.5) is 0 Å². The number of nitrogens with zero attached hydrogens (tertiary/aromatic N) is 1. The van der Waals surface area contributed by atoms with Crippen LogP contribution in [-0.2, 0) is 4.79 Å². The SMILES string of the molecule is O=C(Sc1ccccn1)C1=CC=C[C+]=C1. The highest BCUT2D eigenvalue weighted by Gasteiger charge is 2.16. The lowest BCUT2D eigenvalue weighted by Crippen LogP contribution is -1.96. The van der Waals surface area contributed by atoms with Gasteiger partial charge in [-0.15, -0.1) is 0 Å². The fourth-order valence-corrected chi connectivity index (χ4v) is 1.78. The molecule has 0 atom stereocenters. The Morgan fingerprint density at radius 2 is 2.33 bits per heavy atom. The first-order valence-electron chi connectivity index (χ1n) is 4.45. The van der Waals surface area contributed by atoms with Gasteiger partial charge in [-0.05, 0) is 23.9 Å². The molecule has 2 rings (SSSR count). The van der Waals surface area contributed by atoms with Crippen LogP contribution in [0.1, 0.15) is 0 Å². The highest BCUT2D eigenvalue weighted by Crippen LogP contribution is 2.21. The van der Waals surface area contributed by atoms with Gasteiger partial charge >= 0.3 is 0 Å². The molecule has 0 fully saturated rings. The summed E-state index contributed by atoms with van der Waals surface area (Å²) in [4.78, 5) is 15.8. The van der Waals surface area contributed by atoms with Gasteiger partial charge in [0.05, 0.1) is 6.08 Å². The van der Waals surface area contributed by atoms with E-state index in [0.29, 0.717) is 10.6 Å². The lowest BCUT2D eigenvalue weighted by Gasteiger charge is -1.96. The third-order valence-corrected chi connectivity index (χ3v) is 2.65. The van der Waals surface area contributed by atoms with Crippen molar-refractivity contribution < 1.29 is 4.79 Å². The quantitative estimate of drug-likeness (QED) is 0.560. The minimum atomic E-state index is -0.00875. The molecule has 0 saturated heterocycles. The monoisotopic (exact) mass is 214 g/mol. The van der Waals surface area contributed by atoms with Crippen LogP contribution in [0.3, 0.4) is 0 Å². The van der Waals surface area contributed by atoms with Gasteiger partial charge in [0.1, 0.15) is 22.8 Å². The van der Waals surface area contributed by atoms with E-state index >= 15 is 0 Å². The Morgan fingerprint density at radius 3 is 3.00 bits per heavy atom. The summed E-state index contributed by atoms with van der Waals surface area (Å²) >= 11 is 1.13. The van der Waals surface area contributed by atoms with Crippen LogP contribution in [0.5, 0.6) is 0 Å². The number of pyridine rings is 1. The topological polar surface area (TPSA) is 30.0 Å². The summed E-state index contributed by atoms with van der Waals surface area (Å²) in [5, 5.41) is 0.705. The van der Waals surface area contributed by atoms with Crippen molar-refractivity contribution in [3.05, 3.63) is 60.3 Å². The predicted molar refractivity (Wildman–Crippen MR) is 60.1 cm³/mol. The van der Waals surface area contributed by atoms with Crippen LogP contribution >= 0.6 is 11.8 Å². The highest BCUT2D eigenvalue weighted by molar-refractivity contribution is 8.14. The highest BCUT2D eigenvalue weighted by atomic mass is 32.2. The summed E-state index contributed by atoms with van der Waals surface area (Å²) in [6.07, 6.45) is 11.6. The standard InChI is InChI=1S/C12H8NOS/c14-12(10-6-2-1-3-7-10)15-11-8-4-5-9-13-11/h1-2,4-9H/q+1. The van der Waals surface area contributed by atoms with Crippen molar-refractivity contribution in [2.75, 3.05) is 0 Å². The van der Waals surface area contributed by atoms with E-state index in [2.05, 4.69) is 11.1 Å². The minimum Gasteiger partial charge on any atom is -0.265 e. The summed E-state index contributed by atoms with van der Waals surface area (Å²) in [6.45, 7) is 0. The summed E-state index contributed by atoms with van der Waals surface area (Å²) in [5.74, 6) is 0. The Bertz CT molecular complexity index is 446. The summed E-state index contributed by atoms with van der Waals surface area (Å²) in [5.41, 5.74) is 0.646. The molecular weight excluding hydrogens is 206 g/mol. The maximum absolute atomic E-state index is 11.7. The Labute approximate surface area is 92.4 Å². The van der Waals surface area contributed by atoms with Gasteiger partial charge in [-0.1, -0.05) is 6.07 Å². The van der Waals surface area contributed by atoms with Crippen LogP contribution in [0.2, 0.25) is 0 Å². The number of hydrogen-bond acceptors (Lipinski definition) is 3. The van der Waals surface area contributed by atoms with E-state index in [1.54, 1.807) is 30.5 Å². The molecule has 0 saturated carbocycles. The van der Waals surface area contributed by atoms with Crippen LogP contribution in [-0.4, -0.2) is 10.1 Å². The fraction of sp³-hybridized carbons (Fsp3) is 0. The minimum absolute atomic E-state index is 0.00875. The zero-order valence-electron chi connectivity index (χ0n) is 7.88. The van der Waals surface area contributed by atoms with Crippen molar-refractivity contribution in [1.82, 2.24) is 4.98 Å². The molecule has 3 heteroatoms. The summed E-state index contributed by atoms with van der Waals surface area (Å²) < 4.78 is 0. The fourth-order valence-electron chi connectivity index (χ4n) is 1.08. The van der Waals surface area contributed by atoms with Gasteiger partial charge in [-0.2, -0.15) is 0 Å². The first-order chi connectivity index (χ1) is 7.36. The maximum atomic E-state index is 11.7. The Hall–Kier alpha value is -1.70. The van der Waals surface area contributed by atoms with Crippen molar-refractivity contribution in [3.8, 4) is 0 Å². The lowest BCUT2D eigenvalue weighted by molar-refractivity contribution is -0.107. The van der Waals surface area contributed by atoms with Crippen molar-refractivity contribution in [1.29, 1.82) is 0 Å². The molecule has 2 nitrogen and oxygen atoms in total. The van der Waals surface area contributed by atoms with Crippen molar-refractivity contribution in [2.24, 2.45) is 0 Å². The smallest absolute Gasteiger partial charge is 0.265 e. The molecule has 15 heavy (non-hydrogen) atoms. The number of carbonyl (C=O) groups is 1. The van der Waals surface area contributed by atoms with Gasteiger partial charge in [0, 0.05) is 18.3 Å². The molecule has 72 valence electrons. The molecule has 0 radical (unpaired) electrons.